The normalized spacial score (nSPS) is 12.1. The van der Waals surface area contributed by atoms with Gasteiger partial charge in [-0.3, -0.25) is 4.79 Å². The molecular weight excluding hydrogens is 298 g/mol. The van der Waals surface area contributed by atoms with Crippen LogP contribution >= 0.6 is 0 Å². The summed E-state index contributed by atoms with van der Waals surface area (Å²) in [6, 6.07) is 12.1. The zero-order chi connectivity index (χ0) is 17.9. The number of benzene rings is 2. The molecule has 0 fully saturated rings. The van der Waals surface area contributed by atoms with Gasteiger partial charge in [-0.25, -0.2) is 0 Å². The van der Waals surface area contributed by atoms with Crippen LogP contribution in [0.1, 0.15) is 48.9 Å². The summed E-state index contributed by atoms with van der Waals surface area (Å²) < 4.78 is 5.86. The third kappa shape index (κ3) is 4.16. The Bertz CT molecular complexity index is 735. The third-order valence-corrected chi connectivity index (χ3v) is 4.18. The van der Waals surface area contributed by atoms with Gasteiger partial charge in [0.2, 0.25) is 0 Å². The summed E-state index contributed by atoms with van der Waals surface area (Å²) in [5, 5.41) is 3.05. The molecule has 0 saturated heterocycles. The summed E-state index contributed by atoms with van der Waals surface area (Å²) in [5.74, 6) is 0.957. The van der Waals surface area contributed by atoms with Crippen molar-refractivity contribution >= 4 is 11.6 Å². The fourth-order valence-electron chi connectivity index (χ4n) is 2.74. The molecule has 3 nitrogen and oxygen atoms in total. The van der Waals surface area contributed by atoms with Crippen molar-refractivity contribution in [3.8, 4) is 5.75 Å². The number of hydrogen-bond acceptors (Lipinski definition) is 2. The largest absolute Gasteiger partial charge is 0.481 e. The van der Waals surface area contributed by atoms with Crippen molar-refractivity contribution in [3.05, 3.63) is 58.7 Å². The number of carbonyl (C=O) groups is 1. The SMILES string of the molecule is Cc1ccc(O[C@@H](C)C(=O)Nc2c(C)cccc2C(C)C)c(C)c1. The summed E-state index contributed by atoms with van der Waals surface area (Å²) >= 11 is 0. The highest BCUT2D eigenvalue weighted by Gasteiger charge is 2.19. The lowest BCUT2D eigenvalue weighted by atomic mass is 9.98. The molecule has 0 unspecified atom stereocenters. The maximum Gasteiger partial charge on any atom is 0.265 e. The van der Waals surface area contributed by atoms with Crippen LogP contribution in [0.3, 0.4) is 0 Å². The van der Waals surface area contributed by atoms with Crippen LogP contribution in [-0.2, 0) is 4.79 Å². The lowest BCUT2D eigenvalue weighted by Gasteiger charge is -2.20. The van der Waals surface area contributed by atoms with Gasteiger partial charge in [-0.15, -0.1) is 0 Å². The molecule has 128 valence electrons. The van der Waals surface area contributed by atoms with Crippen LogP contribution in [0.4, 0.5) is 5.69 Å². The van der Waals surface area contributed by atoms with Gasteiger partial charge in [0, 0.05) is 5.69 Å². The Balaban J connectivity index is 2.15. The van der Waals surface area contributed by atoms with Gasteiger partial charge in [0.15, 0.2) is 6.10 Å². The molecule has 3 heteroatoms. The van der Waals surface area contributed by atoms with Crippen LogP contribution in [0.2, 0.25) is 0 Å². The van der Waals surface area contributed by atoms with Crippen LogP contribution in [0.25, 0.3) is 0 Å². The molecule has 1 atom stereocenters. The summed E-state index contributed by atoms with van der Waals surface area (Å²) in [6.45, 7) is 12.1. The highest BCUT2D eigenvalue weighted by Crippen LogP contribution is 2.28. The van der Waals surface area contributed by atoms with Crippen LogP contribution in [0, 0.1) is 20.8 Å². The number of para-hydroxylation sites is 1. The third-order valence-electron chi connectivity index (χ3n) is 4.18. The van der Waals surface area contributed by atoms with Crippen molar-refractivity contribution in [3.63, 3.8) is 0 Å². The molecule has 0 aliphatic heterocycles. The van der Waals surface area contributed by atoms with Crippen molar-refractivity contribution in [2.24, 2.45) is 0 Å². The maximum absolute atomic E-state index is 12.6. The zero-order valence-corrected chi connectivity index (χ0v) is 15.4. The summed E-state index contributed by atoms with van der Waals surface area (Å²) in [4.78, 5) is 12.6. The first-order valence-corrected chi connectivity index (χ1v) is 8.44. The minimum absolute atomic E-state index is 0.133. The number of rotatable bonds is 5. The van der Waals surface area contributed by atoms with Crippen LogP contribution in [-0.4, -0.2) is 12.0 Å². The quantitative estimate of drug-likeness (QED) is 0.826. The molecule has 2 rings (SSSR count). The van der Waals surface area contributed by atoms with Gasteiger partial charge in [-0.2, -0.15) is 0 Å². The Morgan fingerprint density at radius 2 is 1.71 bits per heavy atom. The Hall–Kier alpha value is -2.29. The Morgan fingerprint density at radius 3 is 2.33 bits per heavy atom. The van der Waals surface area contributed by atoms with Gasteiger partial charge < -0.3 is 10.1 Å². The Labute approximate surface area is 145 Å². The molecule has 0 aromatic heterocycles. The summed E-state index contributed by atoms with van der Waals surface area (Å²) in [7, 11) is 0. The van der Waals surface area contributed by atoms with E-state index in [1.54, 1.807) is 6.92 Å². The zero-order valence-electron chi connectivity index (χ0n) is 15.4. The molecular formula is C21H27NO2. The topological polar surface area (TPSA) is 38.3 Å². The van der Waals surface area contributed by atoms with Crippen molar-refractivity contribution in [2.45, 2.75) is 53.6 Å². The summed E-state index contributed by atoms with van der Waals surface area (Å²) in [6.07, 6.45) is -0.564. The lowest BCUT2D eigenvalue weighted by Crippen LogP contribution is -2.31. The van der Waals surface area contributed by atoms with E-state index in [2.05, 4.69) is 31.3 Å². The Morgan fingerprint density at radius 1 is 1.00 bits per heavy atom. The van der Waals surface area contributed by atoms with E-state index in [1.165, 1.54) is 5.56 Å². The highest BCUT2D eigenvalue weighted by molar-refractivity contribution is 5.95. The standard InChI is InChI=1S/C21H27NO2/c1-13(2)18-9-7-8-15(4)20(18)22-21(23)17(6)24-19-11-10-14(3)12-16(19)5/h7-13,17H,1-6H3,(H,22,23)/t17-/m0/s1. The summed E-state index contributed by atoms with van der Waals surface area (Å²) in [5.41, 5.74) is 5.32. The first kappa shape index (κ1) is 18.1. The van der Waals surface area contributed by atoms with Crippen molar-refractivity contribution in [2.75, 3.05) is 5.32 Å². The smallest absolute Gasteiger partial charge is 0.265 e. The number of ether oxygens (including phenoxy) is 1. The van der Waals surface area contributed by atoms with Gasteiger partial charge in [0.05, 0.1) is 0 Å². The minimum Gasteiger partial charge on any atom is -0.481 e. The number of anilines is 1. The van der Waals surface area contributed by atoms with Gasteiger partial charge in [0.25, 0.3) is 5.91 Å². The fourth-order valence-corrected chi connectivity index (χ4v) is 2.74. The second-order valence-electron chi connectivity index (χ2n) is 6.71. The van der Waals surface area contributed by atoms with E-state index >= 15 is 0 Å². The second-order valence-corrected chi connectivity index (χ2v) is 6.71. The molecule has 0 heterocycles. The number of amides is 1. The number of aryl methyl sites for hydroxylation is 3. The van der Waals surface area contributed by atoms with Crippen LogP contribution < -0.4 is 10.1 Å². The van der Waals surface area contributed by atoms with E-state index in [0.29, 0.717) is 5.92 Å². The van der Waals surface area contributed by atoms with E-state index in [-0.39, 0.29) is 5.91 Å². The predicted octanol–water partition coefficient (Wildman–Crippen LogP) is 5.14. The predicted molar refractivity (Wildman–Crippen MR) is 99.9 cm³/mol. The van der Waals surface area contributed by atoms with Crippen molar-refractivity contribution in [1.82, 2.24) is 0 Å². The first-order chi connectivity index (χ1) is 11.3. The lowest BCUT2D eigenvalue weighted by molar-refractivity contribution is -0.122. The van der Waals surface area contributed by atoms with E-state index in [1.807, 2.05) is 45.0 Å². The fraction of sp³-hybridized carbons (Fsp3) is 0.381. The molecule has 2 aromatic carbocycles. The van der Waals surface area contributed by atoms with Crippen LogP contribution in [0.15, 0.2) is 36.4 Å². The second kappa shape index (κ2) is 7.52. The van der Waals surface area contributed by atoms with E-state index in [0.717, 1.165) is 28.1 Å². The van der Waals surface area contributed by atoms with E-state index in [4.69, 9.17) is 4.74 Å². The van der Waals surface area contributed by atoms with E-state index < -0.39 is 6.10 Å². The molecule has 0 spiro atoms. The van der Waals surface area contributed by atoms with Crippen molar-refractivity contribution in [1.29, 1.82) is 0 Å². The van der Waals surface area contributed by atoms with Gasteiger partial charge in [-0.1, -0.05) is 49.7 Å². The van der Waals surface area contributed by atoms with Gasteiger partial charge in [0.1, 0.15) is 5.75 Å². The molecule has 1 N–H and O–H groups in total. The molecule has 0 aliphatic rings. The molecule has 2 aromatic rings. The average molecular weight is 325 g/mol. The monoisotopic (exact) mass is 325 g/mol. The van der Waals surface area contributed by atoms with E-state index in [9.17, 15) is 4.79 Å². The molecule has 0 aliphatic carbocycles. The molecule has 0 bridgehead atoms. The van der Waals surface area contributed by atoms with Gasteiger partial charge >= 0.3 is 0 Å². The average Bonchev–Trinajstić information content (AvgIpc) is 2.51. The first-order valence-electron chi connectivity index (χ1n) is 8.44. The number of hydrogen-bond donors (Lipinski definition) is 1. The van der Waals surface area contributed by atoms with Crippen LogP contribution in [0.5, 0.6) is 5.75 Å². The number of nitrogens with one attached hydrogen (secondary N) is 1. The molecule has 0 radical (unpaired) electrons. The molecule has 1 amide bonds. The Kier molecular flexibility index (Phi) is 5.66. The van der Waals surface area contributed by atoms with Crippen molar-refractivity contribution < 1.29 is 9.53 Å². The number of carbonyl (C=O) groups excluding carboxylic acids is 1. The molecule has 24 heavy (non-hydrogen) atoms. The minimum atomic E-state index is -0.564. The highest BCUT2D eigenvalue weighted by atomic mass is 16.5. The molecule has 0 saturated carbocycles. The van der Waals surface area contributed by atoms with Gasteiger partial charge in [-0.05, 0) is 56.4 Å². The maximum atomic E-state index is 12.6.